The Morgan fingerprint density at radius 3 is 2.25 bits per heavy atom. The smallest absolute Gasteiger partial charge is 0.190 e. The molecule has 0 bridgehead atoms. The molecule has 1 aromatic carbocycles. The second-order valence-electron chi connectivity index (χ2n) is 3.85. The van der Waals surface area contributed by atoms with E-state index >= 15 is 0 Å². The molecule has 0 unspecified atom stereocenters. The van der Waals surface area contributed by atoms with Crippen molar-refractivity contribution < 1.29 is 13.5 Å². The predicted octanol–water partition coefficient (Wildman–Crippen LogP) is 2.91. The largest absolute Gasteiger partial charge is 0.486 e. The number of hydrogen-bond acceptors (Lipinski definition) is 2. The number of nitrogens with two attached hydrogens (primary N) is 1. The van der Waals surface area contributed by atoms with Gasteiger partial charge in [-0.3, -0.25) is 0 Å². The molecule has 0 amide bonds. The highest BCUT2D eigenvalue weighted by Crippen LogP contribution is 2.34. The molecule has 1 fully saturated rings. The SMILES string of the molecule is Cl.NC1(COc2c(F)cc(Cl)cc2F)CC1. The third kappa shape index (κ3) is 2.97. The highest BCUT2D eigenvalue weighted by atomic mass is 35.5. The molecule has 0 saturated heterocycles. The van der Waals surface area contributed by atoms with Gasteiger partial charge in [-0.1, -0.05) is 11.6 Å². The Labute approximate surface area is 103 Å². The van der Waals surface area contributed by atoms with Gasteiger partial charge in [0, 0.05) is 5.02 Å². The van der Waals surface area contributed by atoms with Crippen LogP contribution in [-0.4, -0.2) is 12.1 Å². The molecule has 16 heavy (non-hydrogen) atoms. The van der Waals surface area contributed by atoms with Crippen molar-refractivity contribution in [3.05, 3.63) is 28.8 Å². The molecular formula is C10H11Cl2F2NO. The molecule has 2 nitrogen and oxygen atoms in total. The molecule has 0 aliphatic heterocycles. The van der Waals surface area contributed by atoms with E-state index in [1.807, 2.05) is 0 Å². The Kier molecular flexibility index (Phi) is 3.99. The summed E-state index contributed by atoms with van der Waals surface area (Å²) >= 11 is 5.46. The first kappa shape index (κ1) is 13.5. The zero-order chi connectivity index (χ0) is 11.1. The van der Waals surface area contributed by atoms with Crippen molar-refractivity contribution in [2.75, 3.05) is 6.61 Å². The monoisotopic (exact) mass is 269 g/mol. The summed E-state index contributed by atoms with van der Waals surface area (Å²) in [5, 5.41) is 0.00577. The topological polar surface area (TPSA) is 35.2 Å². The van der Waals surface area contributed by atoms with Crippen LogP contribution in [0.25, 0.3) is 0 Å². The fourth-order valence-electron chi connectivity index (χ4n) is 1.19. The first-order valence-electron chi connectivity index (χ1n) is 4.56. The van der Waals surface area contributed by atoms with Crippen molar-refractivity contribution in [2.45, 2.75) is 18.4 Å². The highest BCUT2D eigenvalue weighted by Gasteiger charge is 2.39. The van der Waals surface area contributed by atoms with Crippen LogP contribution in [0.15, 0.2) is 12.1 Å². The molecule has 0 radical (unpaired) electrons. The van der Waals surface area contributed by atoms with Gasteiger partial charge in [-0.25, -0.2) is 8.78 Å². The van der Waals surface area contributed by atoms with Crippen LogP contribution in [0.1, 0.15) is 12.8 Å². The Hall–Kier alpha value is -0.580. The number of rotatable bonds is 3. The second kappa shape index (κ2) is 4.73. The van der Waals surface area contributed by atoms with Gasteiger partial charge in [0.25, 0.3) is 0 Å². The molecule has 1 aromatic rings. The zero-order valence-corrected chi connectivity index (χ0v) is 9.88. The summed E-state index contributed by atoms with van der Waals surface area (Å²) in [5.74, 6) is -2.01. The predicted molar refractivity (Wildman–Crippen MR) is 60.3 cm³/mol. The second-order valence-corrected chi connectivity index (χ2v) is 4.29. The van der Waals surface area contributed by atoms with Crippen molar-refractivity contribution in [2.24, 2.45) is 5.73 Å². The first-order valence-corrected chi connectivity index (χ1v) is 4.94. The summed E-state index contributed by atoms with van der Waals surface area (Å²) in [6, 6.07) is 2.02. The molecule has 0 aromatic heterocycles. The standard InChI is InChI=1S/C10H10ClF2NO.ClH/c11-6-3-7(12)9(8(13)4-6)15-5-10(14)1-2-10;/h3-4H,1-2,5,14H2;1H. The van der Waals surface area contributed by atoms with E-state index < -0.39 is 22.9 Å². The minimum absolute atomic E-state index is 0. The molecule has 1 aliphatic rings. The van der Waals surface area contributed by atoms with Gasteiger partial charge >= 0.3 is 0 Å². The lowest BCUT2D eigenvalue weighted by Gasteiger charge is -2.12. The highest BCUT2D eigenvalue weighted by molar-refractivity contribution is 6.30. The van der Waals surface area contributed by atoms with Crippen LogP contribution >= 0.6 is 24.0 Å². The lowest BCUT2D eigenvalue weighted by molar-refractivity contribution is 0.254. The van der Waals surface area contributed by atoms with E-state index in [1.165, 1.54) is 0 Å². The van der Waals surface area contributed by atoms with Gasteiger partial charge in [-0.05, 0) is 25.0 Å². The minimum Gasteiger partial charge on any atom is -0.486 e. The molecule has 90 valence electrons. The summed E-state index contributed by atoms with van der Waals surface area (Å²) in [7, 11) is 0. The molecule has 0 spiro atoms. The fourth-order valence-corrected chi connectivity index (χ4v) is 1.38. The van der Waals surface area contributed by atoms with Gasteiger partial charge in [0.15, 0.2) is 17.4 Å². The number of hydrogen-bond donors (Lipinski definition) is 1. The minimum atomic E-state index is -0.802. The molecule has 6 heteroatoms. The third-order valence-electron chi connectivity index (χ3n) is 2.36. The molecular weight excluding hydrogens is 259 g/mol. The van der Waals surface area contributed by atoms with Crippen molar-refractivity contribution in [1.29, 1.82) is 0 Å². The lowest BCUT2D eigenvalue weighted by Crippen LogP contribution is -2.30. The van der Waals surface area contributed by atoms with Crippen LogP contribution in [0.4, 0.5) is 8.78 Å². The van der Waals surface area contributed by atoms with E-state index in [4.69, 9.17) is 22.1 Å². The van der Waals surface area contributed by atoms with Gasteiger partial charge in [0.1, 0.15) is 6.61 Å². The van der Waals surface area contributed by atoms with Crippen LogP contribution in [0, 0.1) is 11.6 Å². The van der Waals surface area contributed by atoms with Crippen molar-refractivity contribution in [3.8, 4) is 5.75 Å². The van der Waals surface area contributed by atoms with Gasteiger partial charge in [-0.2, -0.15) is 0 Å². The molecule has 2 rings (SSSR count). The van der Waals surface area contributed by atoms with E-state index in [-0.39, 0.29) is 24.0 Å². The average Bonchev–Trinajstić information content (AvgIpc) is 2.82. The van der Waals surface area contributed by atoms with Gasteiger partial charge in [-0.15, -0.1) is 12.4 Å². The van der Waals surface area contributed by atoms with Crippen LogP contribution in [0.2, 0.25) is 5.02 Å². The maximum absolute atomic E-state index is 13.2. The van der Waals surface area contributed by atoms with Gasteiger partial charge in [0.2, 0.25) is 0 Å². The normalized spacial score (nSPS) is 16.5. The summed E-state index contributed by atoms with van der Waals surface area (Å²) in [5.41, 5.74) is 5.32. The Bertz CT molecular complexity index is 373. The quantitative estimate of drug-likeness (QED) is 0.916. The molecule has 0 atom stereocenters. The summed E-state index contributed by atoms with van der Waals surface area (Å²) in [6.45, 7) is 0.127. The summed E-state index contributed by atoms with van der Waals surface area (Å²) in [4.78, 5) is 0. The zero-order valence-electron chi connectivity index (χ0n) is 8.30. The van der Waals surface area contributed by atoms with Crippen molar-refractivity contribution in [1.82, 2.24) is 0 Å². The number of benzene rings is 1. The van der Waals surface area contributed by atoms with E-state index in [0.29, 0.717) is 0 Å². The number of halogens is 4. The van der Waals surface area contributed by atoms with E-state index in [1.54, 1.807) is 0 Å². The average molecular weight is 270 g/mol. The van der Waals surface area contributed by atoms with Crippen LogP contribution in [0.3, 0.4) is 0 Å². The molecule has 0 heterocycles. The molecule has 1 aliphatic carbocycles. The maximum atomic E-state index is 13.2. The Morgan fingerprint density at radius 1 is 1.31 bits per heavy atom. The molecule has 1 saturated carbocycles. The number of ether oxygens (including phenoxy) is 1. The van der Waals surface area contributed by atoms with Crippen LogP contribution < -0.4 is 10.5 Å². The van der Waals surface area contributed by atoms with E-state index in [2.05, 4.69) is 0 Å². The Balaban J connectivity index is 0.00000128. The summed E-state index contributed by atoms with van der Waals surface area (Å²) in [6.07, 6.45) is 1.65. The molecule has 2 N–H and O–H groups in total. The third-order valence-corrected chi connectivity index (χ3v) is 2.58. The van der Waals surface area contributed by atoms with Gasteiger partial charge < -0.3 is 10.5 Å². The van der Waals surface area contributed by atoms with Gasteiger partial charge in [0.05, 0.1) is 5.54 Å². The fraction of sp³-hybridized carbons (Fsp3) is 0.400. The van der Waals surface area contributed by atoms with Crippen LogP contribution in [-0.2, 0) is 0 Å². The first-order chi connectivity index (χ1) is 7.00. The Morgan fingerprint density at radius 2 is 1.81 bits per heavy atom. The maximum Gasteiger partial charge on any atom is 0.190 e. The van der Waals surface area contributed by atoms with Crippen LogP contribution in [0.5, 0.6) is 5.75 Å². The van der Waals surface area contributed by atoms with E-state index in [0.717, 1.165) is 25.0 Å². The van der Waals surface area contributed by atoms with Crippen molar-refractivity contribution >= 4 is 24.0 Å². The van der Waals surface area contributed by atoms with Crippen molar-refractivity contribution in [3.63, 3.8) is 0 Å². The lowest BCUT2D eigenvalue weighted by atomic mass is 10.3. The summed E-state index contributed by atoms with van der Waals surface area (Å²) < 4.78 is 31.4. The van der Waals surface area contributed by atoms with E-state index in [9.17, 15) is 8.78 Å².